The van der Waals surface area contributed by atoms with Crippen LogP contribution in [0.4, 0.5) is 11.5 Å². The number of benzene rings is 1. The number of hydrogen-bond acceptors (Lipinski definition) is 6. The molecule has 5 nitrogen and oxygen atoms in total. The molecule has 2 heterocycles. The van der Waals surface area contributed by atoms with E-state index < -0.39 is 0 Å². The lowest BCUT2D eigenvalue weighted by molar-refractivity contribution is 0.0378. The van der Waals surface area contributed by atoms with Crippen LogP contribution in [0.2, 0.25) is 0 Å². The molecular weight excluding hydrogens is 346 g/mol. The second kappa shape index (κ2) is 7.03. The zero-order valence-electron chi connectivity index (χ0n) is 14.9. The molecule has 0 saturated carbocycles. The average molecular weight is 367 g/mol. The maximum atomic E-state index is 12.1. The van der Waals surface area contributed by atoms with Crippen molar-refractivity contribution in [2.45, 2.75) is 45.6 Å². The maximum Gasteiger partial charge on any atom is 0.338 e. The van der Waals surface area contributed by atoms with E-state index in [2.05, 4.69) is 15.3 Å². The highest BCUT2D eigenvalue weighted by Gasteiger charge is 2.20. The lowest BCUT2D eigenvalue weighted by atomic mass is 9.97. The second-order valence-electron chi connectivity index (χ2n) is 6.77. The molecule has 26 heavy (non-hydrogen) atoms. The Hall–Kier alpha value is -2.47. The second-order valence-corrected chi connectivity index (χ2v) is 7.86. The fourth-order valence-corrected chi connectivity index (χ4v) is 4.56. The first-order valence-electron chi connectivity index (χ1n) is 8.95. The molecule has 0 spiro atoms. The SMILES string of the molecule is CC(C)OC(=O)c1cccc(Nc2ncnc3sc4c(c23)CCCC4)c1. The molecule has 1 aromatic carbocycles. The number of anilines is 2. The lowest BCUT2D eigenvalue weighted by Crippen LogP contribution is -2.11. The van der Waals surface area contributed by atoms with Gasteiger partial charge in [-0.15, -0.1) is 11.3 Å². The topological polar surface area (TPSA) is 64.1 Å². The summed E-state index contributed by atoms with van der Waals surface area (Å²) in [7, 11) is 0. The summed E-state index contributed by atoms with van der Waals surface area (Å²) >= 11 is 1.77. The van der Waals surface area contributed by atoms with Gasteiger partial charge in [-0.1, -0.05) is 6.07 Å². The average Bonchev–Trinajstić information content (AvgIpc) is 3.01. The van der Waals surface area contributed by atoms with Crippen LogP contribution in [0.5, 0.6) is 0 Å². The number of aromatic nitrogens is 2. The van der Waals surface area contributed by atoms with E-state index in [0.717, 1.165) is 34.6 Å². The van der Waals surface area contributed by atoms with E-state index in [1.54, 1.807) is 29.8 Å². The molecule has 1 N–H and O–H groups in total. The highest BCUT2D eigenvalue weighted by atomic mass is 32.1. The largest absolute Gasteiger partial charge is 0.459 e. The first-order valence-corrected chi connectivity index (χ1v) is 9.77. The van der Waals surface area contributed by atoms with Gasteiger partial charge in [-0.3, -0.25) is 0 Å². The van der Waals surface area contributed by atoms with Gasteiger partial charge in [-0.2, -0.15) is 0 Å². The number of esters is 1. The van der Waals surface area contributed by atoms with E-state index in [-0.39, 0.29) is 12.1 Å². The molecule has 6 heteroatoms. The van der Waals surface area contributed by atoms with Gasteiger partial charge in [0.1, 0.15) is 17.0 Å². The molecule has 0 fully saturated rings. The Morgan fingerprint density at radius 1 is 1.23 bits per heavy atom. The summed E-state index contributed by atoms with van der Waals surface area (Å²) in [5.41, 5.74) is 2.73. The van der Waals surface area contributed by atoms with E-state index >= 15 is 0 Å². The van der Waals surface area contributed by atoms with Gasteiger partial charge >= 0.3 is 5.97 Å². The number of thiophene rings is 1. The van der Waals surface area contributed by atoms with Gasteiger partial charge in [-0.05, 0) is 63.3 Å². The Morgan fingerprint density at radius 3 is 2.92 bits per heavy atom. The van der Waals surface area contributed by atoms with Gasteiger partial charge in [0.05, 0.1) is 17.1 Å². The van der Waals surface area contributed by atoms with Crippen LogP contribution in [-0.4, -0.2) is 22.0 Å². The first kappa shape index (κ1) is 17.0. The van der Waals surface area contributed by atoms with E-state index in [0.29, 0.717) is 5.56 Å². The van der Waals surface area contributed by atoms with Crippen LogP contribution in [0.25, 0.3) is 10.2 Å². The van der Waals surface area contributed by atoms with Crippen molar-refractivity contribution in [1.29, 1.82) is 0 Å². The third kappa shape index (κ3) is 3.29. The summed E-state index contributed by atoms with van der Waals surface area (Å²) in [6, 6.07) is 7.34. The van der Waals surface area contributed by atoms with E-state index in [9.17, 15) is 4.79 Å². The Kier molecular flexibility index (Phi) is 4.59. The van der Waals surface area contributed by atoms with Crippen LogP contribution in [0.3, 0.4) is 0 Å². The molecule has 1 aliphatic rings. The minimum Gasteiger partial charge on any atom is -0.459 e. The molecule has 4 rings (SSSR count). The van der Waals surface area contributed by atoms with Gasteiger partial charge in [-0.25, -0.2) is 14.8 Å². The fourth-order valence-electron chi connectivity index (χ4n) is 3.33. The minimum atomic E-state index is -0.315. The highest BCUT2D eigenvalue weighted by Crippen LogP contribution is 2.38. The molecule has 3 aromatic rings. The van der Waals surface area contributed by atoms with Crippen LogP contribution < -0.4 is 5.32 Å². The number of rotatable bonds is 4. The summed E-state index contributed by atoms with van der Waals surface area (Å²) in [5.74, 6) is 0.494. The van der Waals surface area contributed by atoms with Crippen molar-refractivity contribution in [3.8, 4) is 0 Å². The minimum absolute atomic E-state index is 0.141. The Balaban J connectivity index is 1.68. The standard InChI is InChI=1S/C20H21N3O2S/c1-12(2)25-20(24)13-6-5-7-14(10-13)23-18-17-15-8-3-4-9-16(15)26-19(17)22-11-21-18/h5-7,10-12H,3-4,8-9H2,1-2H3,(H,21,22,23). The molecule has 0 unspecified atom stereocenters. The van der Waals surface area contributed by atoms with Crippen molar-refractivity contribution in [2.75, 3.05) is 5.32 Å². The number of carbonyl (C=O) groups is 1. The summed E-state index contributed by atoms with van der Waals surface area (Å²) < 4.78 is 5.28. The monoisotopic (exact) mass is 367 g/mol. The summed E-state index contributed by atoms with van der Waals surface area (Å²) in [4.78, 5) is 23.5. The lowest BCUT2D eigenvalue weighted by Gasteiger charge is -2.13. The molecule has 134 valence electrons. The van der Waals surface area contributed by atoms with Crippen LogP contribution >= 0.6 is 11.3 Å². The zero-order valence-corrected chi connectivity index (χ0v) is 15.7. The van der Waals surface area contributed by atoms with Crippen LogP contribution in [-0.2, 0) is 17.6 Å². The predicted molar refractivity (Wildman–Crippen MR) is 104 cm³/mol. The number of nitrogens with zero attached hydrogens (tertiary/aromatic N) is 2. The molecule has 0 amide bonds. The number of hydrogen-bond donors (Lipinski definition) is 1. The van der Waals surface area contributed by atoms with Crippen molar-refractivity contribution in [3.63, 3.8) is 0 Å². The molecule has 0 saturated heterocycles. The molecule has 0 bridgehead atoms. The Labute approximate surface area is 156 Å². The third-order valence-corrected chi connectivity index (χ3v) is 5.65. The van der Waals surface area contributed by atoms with Crippen molar-refractivity contribution in [1.82, 2.24) is 9.97 Å². The van der Waals surface area contributed by atoms with Gasteiger partial charge < -0.3 is 10.1 Å². The Bertz CT molecular complexity index is 965. The van der Waals surface area contributed by atoms with Gasteiger partial charge in [0, 0.05) is 10.6 Å². The van der Waals surface area contributed by atoms with Crippen molar-refractivity contribution < 1.29 is 9.53 Å². The van der Waals surface area contributed by atoms with E-state index in [4.69, 9.17) is 4.74 Å². The maximum absolute atomic E-state index is 12.1. The first-order chi connectivity index (χ1) is 12.6. The van der Waals surface area contributed by atoms with Crippen LogP contribution in [0.15, 0.2) is 30.6 Å². The highest BCUT2D eigenvalue weighted by molar-refractivity contribution is 7.19. The molecule has 0 aliphatic heterocycles. The molecule has 0 atom stereocenters. The molecule has 2 aromatic heterocycles. The summed E-state index contributed by atoms with van der Waals surface area (Å²) in [5, 5.41) is 4.51. The smallest absolute Gasteiger partial charge is 0.338 e. The van der Waals surface area contributed by atoms with Crippen LogP contribution in [0, 0.1) is 0 Å². The normalized spacial score (nSPS) is 13.7. The molecular formula is C20H21N3O2S. The number of ether oxygens (including phenoxy) is 1. The zero-order chi connectivity index (χ0) is 18.1. The Morgan fingerprint density at radius 2 is 2.08 bits per heavy atom. The van der Waals surface area contributed by atoms with Gasteiger partial charge in [0.2, 0.25) is 0 Å². The van der Waals surface area contributed by atoms with E-state index in [1.165, 1.54) is 23.3 Å². The number of fused-ring (bicyclic) bond motifs is 3. The third-order valence-electron chi connectivity index (χ3n) is 4.46. The van der Waals surface area contributed by atoms with Crippen molar-refractivity contribution in [3.05, 3.63) is 46.6 Å². The summed E-state index contributed by atoms with van der Waals surface area (Å²) in [6.45, 7) is 3.69. The fraction of sp³-hybridized carbons (Fsp3) is 0.350. The van der Waals surface area contributed by atoms with Crippen molar-refractivity contribution in [2.24, 2.45) is 0 Å². The van der Waals surface area contributed by atoms with E-state index in [1.807, 2.05) is 26.0 Å². The van der Waals surface area contributed by atoms with Gasteiger partial charge in [0.15, 0.2) is 0 Å². The molecule has 0 radical (unpaired) electrons. The summed E-state index contributed by atoms with van der Waals surface area (Å²) in [6.07, 6.45) is 6.13. The predicted octanol–water partition coefficient (Wildman–Crippen LogP) is 4.88. The van der Waals surface area contributed by atoms with Crippen LogP contribution in [0.1, 0.15) is 47.5 Å². The van der Waals surface area contributed by atoms with Crippen molar-refractivity contribution >= 4 is 39.0 Å². The van der Waals surface area contributed by atoms with Gasteiger partial charge in [0.25, 0.3) is 0 Å². The number of carbonyl (C=O) groups excluding carboxylic acids is 1. The number of aryl methyl sites for hydroxylation is 2. The quantitative estimate of drug-likeness (QED) is 0.666. The molecule has 1 aliphatic carbocycles. The number of nitrogens with one attached hydrogen (secondary N) is 1.